The summed E-state index contributed by atoms with van der Waals surface area (Å²) in [6.07, 6.45) is 0. The summed E-state index contributed by atoms with van der Waals surface area (Å²) >= 11 is 0. The van der Waals surface area contributed by atoms with E-state index < -0.39 is 0 Å². The monoisotopic (exact) mass is 615 g/mol. The second kappa shape index (κ2) is 10.5. The van der Waals surface area contributed by atoms with Gasteiger partial charge in [0.2, 0.25) is 0 Å². The zero-order valence-electron chi connectivity index (χ0n) is 25.6. The van der Waals surface area contributed by atoms with E-state index >= 15 is 0 Å². The third-order valence-corrected chi connectivity index (χ3v) is 9.13. The molecule has 0 fully saturated rings. The minimum Gasteiger partial charge on any atom is -0.456 e. The molecule has 0 amide bonds. The number of furan rings is 2. The topological polar surface area (TPSA) is 65.0 Å². The van der Waals surface area contributed by atoms with E-state index in [0.29, 0.717) is 17.5 Å². The lowest BCUT2D eigenvalue weighted by atomic mass is 10.0. The molecule has 0 atom stereocenters. The van der Waals surface area contributed by atoms with Gasteiger partial charge in [-0.2, -0.15) is 0 Å². The molecule has 0 saturated heterocycles. The van der Waals surface area contributed by atoms with Crippen molar-refractivity contribution in [2.75, 3.05) is 0 Å². The van der Waals surface area contributed by atoms with E-state index in [0.717, 1.165) is 82.5 Å². The van der Waals surface area contributed by atoms with Crippen LogP contribution in [-0.4, -0.2) is 15.0 Å². The van der Waals surface area contributed by atoms with Gasteiger partial charge in [0.05, 0.1) is 0 Å². The molecule has 10 aromatic rings. The largest absolute Gasteiger partial charge is 0.456 e. The molecule has 0 spiro atoms. The van der Waals surface area contributed by atoms with Crippen molar-refractivity contribution in [3.8, 4) is 45.3 Å². The Kier molecular flexibility index (Phi) is 5.81. The molecule has 3 heterocycles. The Labute approximate surface area is 274 Å². The first-order valence-corrected chi connectivity index (χ1v) is 15.9. The van der Waals surface area contributed by atoms with Crippen LogP contribution < -0.4 is 0 Å². The van der Waals surface area contributed by atoms with Crippen LogP contribution in [0.15, 0.2) is 160 Å². The average Bonchev–Trinajstić information content (AvgIpc) is 3.73. The van der Waals surface area contributed by atoms with Crippen LogP contribution in [0.4, 0.5) is 0 Å². The maximum atomic E-state index is 6.59. The van der Waals surface area contributed by atoms with Crippen LogP contribution in [0.1, 0.15) is 0 Å². The lowest BCUT2D eigenvalue weighted by Gasteiger charge is -2.10. The number of fused-ring (bicyclic) bond motifs is 7. The molecule has 5 nitrogen and oxygen atoms in total. The highest BCUT2D eigenvalue weighted by atomic mass is 16.3. The Morgan fingerprint density at radius 3 is 1.75 bits per heavy atom. The number of para-hydroxylation sites is 2. The van der Waals surface area contributed by atoms with Gasteiger partial charge in [0, 0.05) is 43.8 Å². The van der Waals surface area contributed by atoms with E-state index in [2.05, 4.69) is 91.0 Å². The zero-order chi connectivity index (χ0) is 31.6. The van der Waals surface area contributed by atoms with Crippen molar-refractivity contribution in [1.29, 1.82) is 0 Å². The van der Waals surface area contributed by atoms with Crippen LogP contribution in [0.25, 0.3) is 99.9 Å². The van der Waals surface area contributed by atoms with Crippen molar-refractivity contribution in [2.45, 2.75) is 0 Å². The molecular formula is C43H25N3O2. The average molecular weight is 616 g/mol. The van der Waals surface area contributed by atoms with Crippen molar-refractivity contribution in [3.63, 3.8) is 0 Å². The highest BCUT2D eigenvalue weighted by molar-refractivity contribution is 6.15. The zero-order valence-corrected chi connectivity index (χ0v) is 25.6. The SMILES string of the molecule is c1ccc(-c2cccc3c2oc2cccc(-c4nc(-c5ccc6ccccc6c5)nc(-c5cccc6oc7ccccc7c56)n4)c23)cc1. The van der Waals surface area contributed by atoms with Crippen molar-refractivity contribution in [1.82, 2.24) is 15.0 Å². The minimum absolute atomic E-state index is 0.575. The van der Waals surface area contributed by atoms with Gasteiger partial charge in [0.1, 0.15) is 22.3 Å². The van der Waals surface area contributed by atoms with Gasteiger partial charge in [-0.05, 0) is 40.6 Å². The third-order valence-electron chi connectivity index (χ3n) is 9.13. The molecule has 0 radical (unpaired) electrons. The number of rotatable bonds is 4. The Balaban J connectivity index is 1.26. The van der Waals surface area contributed by atoms with Gasteiger partial charge in [0.25, 0.3) is 0 Å². The van der Waals surface area contributed by atoms with E-state index in [-0.39, 0.29) is 0 Å². The van der Waals surface area contributed by atoms with Crippen LogP contribution in [0.3, 0.4) is 0 Å². The summed E-state index contributed by atoms with van der Waals surface area (Å²) in [6.45, 7) is 0. The molecule has 5 heteroatoms. The molecule has 0 N–H and O–H groups in total. The minimum atomic E-state index is 0.575. The van der Waals surface area contributed by atoms with Gasteiger partial charge in [-0.3, -0.25) is 0 Å². The molecular weight excluding hydrogens is 590 g/mol. The van der Waals surface area contributed by atoms with Gasteiger partial charge in [0.15, 0.2) is 17.5 Å². The van der Waals surface area contributed by atoms with Gasteiger partial charge >= 0.3 is 0 Å². The predicted octanol–water partition coefficient (Wildman–Crippen LogP) is 11.5. The second-order valence-corrected chi connectivity index (χ2v) is 12.0. The first-order chi connectivity index (χ1) is 23.8. The highest BCUT2D eigenvalue weighted by Gasteiger charge is 2.21. The normalized spacial score (nSPS) is 11.8. The lowest BCUT2D eigenvalue weighted by molar-refractivity contribution is 0.669. The molecule has 0 unspecified atom stereocenters. The van der Waals surface area contributed by atoms with Crippen LogP contribution in [0.5, 0.6) is 0 Å². The Morgan fingerprint density at radius 2 is 0.938 bits per heavy atom. The summed E-state index contributed by atoms with van der Waals surface area (Å²) < 4.78 is 12.8. The summed E-state index contributed by atoms with van der Waals surface area (Å²) in [5.74, 6) is 1.75. The van der Waals surface area contributed by atoms with Crippen molar-refractivity contribution >= 4 is 54.6 Å². The van der Waals surface area contributed by atoms with Crippen molar-refractivity contribution in [3.05, 3.63) is 152 Å². The maximum absolute atomic E-state index is 6.59. The summed E-state index contributed by atoms with van der Waals surface area (Å²) in [4.78, 5) is 15.5. The van der Waals surface area contributed by atoms with E-state index in [4.69, 9.17) is 23.8 Å². The summed E-state index contributed by atoms with van der Waals surface area (Å²) in [6, 6.07) is 51.6. The molecule has 0 bridgehead atoms. The van der Waals surface area contributed by atoms with Crippen LogP contribution in [0.2, 0.25) is 0 Å². The molecule has 0 aliphatic carbocycles. The molecule has 48 heavy (non-hydrogen) atoms. The number of benzene rings is 7. The van der Waals surface area contributed by atoms with Crippen molar-refractivity contribution in [2.24, 2.45) is 0 Å². The molecule has 224 valence electrons. The molecule has 0 saturated carbocycles. The molecule has 3 aromatic heterocycles. The van der Waals surface area contributed by atoms with Crippen molar-refractivity contribution < 1.29 is 8.83 Å². The van der Waals surface area contributed by atoms with Crippen LogP contribution in [0, 0.1) is 0 Å². The maximum Gasteiger partial charge on any atom is 0.164 e. The first-order valence-electron chi connectivity index (χ1n) is 15.9. The summed E-state index contributed by atoms with van der Waals surface area (Å²) in [7, 11) is 0. The molecule has 7 aromatic carbocycles. The highest BCUT2D eigenvalue weighted by Crippen LogP contribution is 2.41. The van der Waals surface area contributed by atoms with E-state index in [1.807, 2.05) is 60.7 Å². The fourth-order valence-electron chi connectivity index (χ4n) is 6.91. The fraction of sp³-hybridized carbons (Fsp3) is 0. The number of hydrogen-bond acceptors (Lipinski definition) is 5. The Hall–Kier alpha value is -6.59. The molecule has 0 aliphatic rings. The van der Waals surface area contributed by atoms with Gasteiger partial charge < -0.3 is 8.83 Å². The number of aromatic nitrogens is 3. The van der Waals surface area contributed by atoms with Gasteiger partial charge in [-0.25, -0.2) is 15.0 Å². The summed E-state index contributed by atoms with van der Waals surface area (Å²) in [5, 5.41) is 6.27. The van der Waals surface area contributed by atoms with Gasteiger partial charge in [-0.15, -0.1) is 0 Å². The Morgan fingerprint density at radius 1 is 0.354 bits per heavy atom. The lowest BCUT2D eigenvalue weighted by Crippen LogP contribution is -2.00. The molecule has 0 aliphatic heterocycles. The molecule has 10 rings (SSSR count). The standard InChI is InChI=1S/C43H25N3O2/c1-2-12-27(13-3-1)30-16-8-17-32-39-34(19-10-22-37(39)48-40(30)32)43-45-41(29-24-23-26-11-4-5-14-28(26)25-29)44-42(46-43)33-18-9-21-36-38(33)31-15-6-7-20-35(31)47-36/h1-25H. The first kappa shape index (κ1) is 26.6. The Bertz CT molecular complexity index is 2850. The third kappa shape index (κ3) is 4.15. The quantitative estimate of drug-likeness (QED) is 0.197. The van der Waals surface area contributed by atoms with Crippen LogP contribution >= 0.6 is 0 Å². The number of nitrogens with zero attached hydrogens (tertiary/aromatic N) is 3. The van der Waals surface area contributed by atoms with Crippen LogP contribution in [-0.2, 0) is 0 Å². The van der Waals surface area contributed by atoms with E-state index in [1.54, 1.807) is 0 Å². The number of hydrogen-bond donors (Lipinski definition) is 0. The smallest absolute Gasteiger partial charge is 0.164 e. The fourth-order valence-corrected chi connectivity index (χ4v) is 6.91. The van der Waals surface area contributed by atoms with E-state index in [9.17, 15) is 0 Å². The van der Waals surface area contributed by atoms with Gasteiger partial charge in [-0.1, -0.05) is 127 Å². The second-order valence-electron chi connectivity index (χ2n) is 12.0. The predicted molar refractivity (Wildman–Crippen MR) is 194 cm³/mol. The van der Waals surface area contributed by atoms with E-state index in [1.165, 1.54) is 0 Å². The summed E-state index contributed by atoms with van der Waals surface area (Å²) in [5.41, 5.74) is 8.07.